The number of carbonyl (C=O) groups excluding carboxylic acids is 3. The number of amides is 1. The van der Waals surface area contributed by atoms with E-state index in [0.717, 1.165) is 12.2 Å². The second-order valence-electron chi connectivity index (χ2n) is 3.88. The molecule has 0 saturated heterocycles. The molecule has 0 aliphatic rings. The summed E-state index contributed by atoms with van der Waals surface area (Å²) < 4.78 is 14.3. The van der Waals surface area contributed by atoms with Crippen LogP contribution in [-0.4, -0.2) is 37.8 Å². The fourth-order valence-electron chi connectivity index (χ4n) is 1.31. The van der Waals surface area contributed by atoms with Gasteiger partial charge in [-0.05, 0) is 19.1 Å². The van der Waals surface area contributed by atoms with Gasteiger partial charge in [-0.15, -0.1) is 0 Å². The van der Waals surface area contributed by atoms with Crippen LogP contribution < -0.4 is 10.1 Å². The summed E-state index contributed by atoms with van der Waals surface area (Å²) in [6.45, 7) is 1.93. The number of carbonyl (C=O) groups is 3. The Bertz CT molecular complexity index is 526. The molecule has 0 spiro atoms. The van der Waals surface area contributed by atoms with Gasteiger partial charge in [0.15, 0.2) is 0 Å². The van der Waals surface area contributed by atoms with Crippen molar-refractivity contribution in [2.75, 3.05) is 19.8 Å². The lowest BCUT2D eigenvalue weighted by Gasteiger charge is -2.06. The first kappa shape index (κ1) is 17.2. The molecule has 0 bridgehead atoms. The molecule has 1 N–H and O–H groups in total. The van der Waals surface area contributed by atoms with Gasteiger partial charge in [-0.2, -0.15) is 0 Å². The van der Waals surface area contributed by atoms with Crippen LogP contribution in [0.5, 0.6) is 5.75 Å². The molecule has 1 rings (SSSR count). The number of ether oxygens (including phenoxy) is 3. The van der Waals surface area contributed by atoms with Crippen molar-refractivity contribution in [1.29, 1.82) is 0 Å². The molecule has 0 aliphatic heterocycles. The zero-order valence-corrected chi connectivity index (χ0v) is 12.1. The smallest absolute Gasteiger partial charge is 0.412 e. The summed E-state index contributed by atoms with van der Waals surface area (Å²) >= 11 is 0. The molecule has 0 saturated carbocycles. The minimum absolute atomic E-state index is 0.0457. The quantitative estimate of drug-likeness (QED) is 0.465. The van der Waals surface area contributed by atoms with Gasteiger partial charge in [-0.1, -0.05) is 18.2 Å². The number of benzene rings is 1. The fourth-order valence-corrected chi connectivity index (χ4v) is 1.31. The van der Waals surface area contributed by atoms with Crippen molar-refractivity contribution in [3.63, 3.8) is 0 Å². The van der Waals surface area contributed by atoms with Crippen LogP contribution in [0.2, 0.25) is 0 Å². The first-order valence-electron chi connectivity index (χ1n) is 6.64. The average molecular weight is 307 g/mol. The predicted molar refractivity (Wildman–Crippen MR) is 77.2 cm³/mol. The van der Waals surface area contributed by atoms with E-state index in [1.54, 1.807) is 37.3 Å². The Balaban J connectivity index is 2.15. The molecule has 0 unspecified atom stereocenters. The van der Waals surface area contributed by atoms with E-state index in [-0.39, 0.29) is 19.8 Å². The van der Waals surface area contributed by atoms with Crippen molar-refractivity contribution in [3.05, 3.63) is 42.5 Å². The third kappa shape index (κ3) is 7.68. The van der Waals surface area contributed by atoms with Crippen LogP contribution >= 0.6 is 0 Å². The van der Waals surface area contributed by atoms with Gasteiger partial charge in [0.2, 0.25) is 0 Å². The van der Waals surface area contributed by atoms with Crippen LogP contribution in [0.4, 0.5) is 4.79 Å². The number of para-hydroxylation sites is 1. The van der Waals surface area contributed by atoms with Gasteiger partial charge in [-0.25, -0.2) is 14.4 Å². The summed E-state index contributed by atoms with van der Waals surface area (Å²) in [5.41, 5.74) is 0. The lowest BCUT2D eigenvalue weighted by molar-refractivity contribution is -0.140. The molecule has 1 aromatic carbocycles. The topological polar surface area (TPSA) is 90.9 Å². The molecule has 0 aromatic heterocycles. The Morgan fingerprint density at radius 3 is 2.32 bits per heavy atom. The first-order chi connectivity index (χ1) is 10.6. The second-order valence-corrected chi connectivity index (χ2v) is 3.88. The number of hydrogen-bond acceptors (Lipinski definition) is 6. The van der Waals surface area contributed by atoms with Gasteiger partial charge in [0.05, 0.1) is 13.2 Å². The van der Waals surface area contributed by atoms with Crippen LogP contribution in [0.3, 0.4) is 0 Å². The predicted octanol–water partition coefficient (Wildman–Crippen LogP) is 1.44. The molecule has 0 atom stereocenters. The van der Waals surface area contributed by atoms with E-state index in [0.29, 0.717) is 5.75 Å². The van der Waals surface area contributed by atoms with Gasteiger partial charge in [0, 0.05) is 12.2 Å². The maximum Gasteiger partial charge on any atom is 0.412 e. The van der Waals surface area contributed by atoms with E-state index in [1.165, 1.54) is 0 Å². The van der Waals surface area contributed by atoms with E-state index in [2.05, 4.69) is 10.1 Å². The monoisotopic (exact) mass is 307 g/mol. The van der Waals surface area contributed by atoms with E-state index in [9.17, 15) is 14.4 Å². The highest BCUT2D eigenvalue weighted by Gasteiger charge is 2.04. The molecule has 1 aromatic rings. The number of esters is 2. The van der Waals surface area contributed by atoms with Gasteiger partial charge in [0.1, 0.15) is 12.4 Å². The molecular weight excluding hydrogens is 290 g/mol. The molecule has 1 amide bonds. The SMILES string of the molecule is CCOC(=O)/C=C/C(=O)OCCNC(=O)Oc1ccccc1. The third-order valence-electron chi connectivity index (χ3n) is 2.21. The lowest BCUT2D eigenvalue weighted by atomic mass is 10.3. The van der Waals surface area contributed by atoms with Gasteiger partial charge < -0.3 is 19.5 Å². The minimum atomic E-state index is -0.703. The van der Waals surface area contributed by atoms with Crippen LogP contribution in [0, 0.1) is 0 Å². The zero-order valence-electron chi connectivity index (χ0n) is 12.1. The molecule has 22 heavy (non-hydrogen) atoms. The number of hydrogen-bond donors (Lipinski definition) is 1. The Hall–Kier alpha value is -2.83. The van der Waals surface area contributed by atoms with E-state index < -0.39 is 18.0 Å². The minimum Gasteiger partial charge on any atom is -0.463 e. The Morgan fingerprint density at radius 1 is 1.05 bits per heavy atom. The normalized spacial score (nSPS) is 10.0. The van der Waals surface area contributed by atoms with Crippen molar-refractivity contribution in [1.82, 2.24) is 5.32 Å². The Kier molecular flexibility index (Phi) is 7.81. The maximum absolute atomic E-state index is 11.4. The molecule has 0 radical (unpaired) electrons. The average Bonchev–Trinajstić information content (AvgIpc) is 2.51. The Morgan fingerprint density at radius 2 is 1.68 bits per heavy atom. The fraction of sp³-hybridized carbons (Fsp3) is 0.267. The summed E-state index contributed by atoms with van der Waals surface area (Å²) in [7, 11) is 0. The highest BCUT2D eigenvalue weighted by atomic mass is 16.6. The largest absolute Gasteiger partial charge is 0.463 e. The zero-order chi connectivity index (χ0) is 16.2. The maximum atomic E-state index is 11.4. The van der Waals surface area contributed by atoms with Gasteiger partial charge in [0.25, 0.3) is 0 Å². The van der Waals surface area contributed by atoms with E-state index >= 15 is 0 Å². The van der Waals surface area contributed by atoms with Crippen LogP contribution in [0.15, 0.2) is 42.5 Å². The van der Waals surface area contributed by atoms with Gasteiger partial charge in [-0.3, -0.25) is 0 Å². The molecule has 118 valence electrons. The highest BCUT2D eigenvalue weighted by molar-refractivity contribution is 5.91. The van der Waals surface area contributed by atoms with Crippen molar-refractivity contribution in [2.24, 2.45) is 0 Å². The van der Waals surface area contributed by atoms with E-state index in [1.807, 2.05) is 0 Å². The number of rotatable bonds is 7. The Labute approximate surface area is 127 Å². The molecule has 0 fully saturated rings. The van der Waals surface area contributed by atoms with Crippen LogP contribution in [-0.2, 0) is 19.1 Å². The molecule has 7 heteroatoms. The number of nitrogens with one attached hydrogen (secondary N) is 1. The highest BCUT2D eigenvalue weighted by Crippen LogP contribution is 2.07. The molecular formula is C15H17NO6. The van der Waals surface area contributed by atoms with Crippen LogP contribution in [0.25, 0.3) is 0 Å². The van der Waals surface area contributed by atoms with Gasteiger partial charge >= 0.3 is 18.0 Å². The second kappa shape index (κ2) is 9.98. The van der Waals surface area contributed by atoms with Crippen LogP contribution in [0.1, 0.15) is 6.92 Å². The first-order valence-corrected chi connectivity index (χ1v) is 6.64. The van der Waals surface area contributed by atoms with Crippen molar-refractivity contribution >= 4 is 18.0 Å². The summed E-state index contributed by atoms with van der Waals surface area (Å²) in [4.78, 5) is 33.6. The molecule has 7 nitrogen and oxygen atoms in total. The van der Waals surface area contributed by atoms with Crippen molar-refractivity contribution in [3.8, 4) is 5.75 Å². The molecule has 0 aliphatic carbocycles. The van der Waals surface area contributed by atoms with Crippen molar-refractivity contribution < 1.29 is 28.6 Å². The summed E-state index contributed by atoms with van der Waals surface area (Å²) in [5.74, 6) is -0.912. The summed E-state index contributed by atoms with van der Waals surface area (Å²) in [6.07, 6.45) is 1.28. The standard InChI is InChI=1S/C15H17NO6/c1-2-20-13(17)8-9-14(18)21-11-10-16-15(19)22-12-6-4-3-5-7-12/h3-9H,2,10-11H2,1H3,(H,16,19)/b9-8+. The molecule has 0 heterocycles. The summed E-state index contributed by atoms with van der Waals surface area (Å²) in [6, 6.07) is 8.55. The lowest BCUT2D eigenvalue weighted by Crippen LogP contribution is -2.30. The third-order valence-corrected chi connectivity index (χ3v) is 2.21. The van der Waals surface area contributed by atoms with E-state index in [4.69, 9.17) is 9.47 Å². The summed E-state index contributed by atoms with van der Waals surface area (Å²) in [5, 5.41) is 2.42. The van der Waals surface area contributed by atoms with Crippen molar-refractivity contribution in [2.45, 2.75) is 6.92 Å².